The molecule has 0 aromatic heterocycles. The van der Waals surface area contributed by atoms with Crippen LogP contribution in [-0.2, 0) is 4.74 Å². The molecule has 1 aliphatic rings. The van der Waals surface area contributed by atoms with Crippen LogP contribution in [0.1, 0.15) is 19.3 Å². The first kappa shape index (κ1) is 12.7. The Morgan fingerprint density at radius 1 is 1.40 bits per heavy atom. The fourth-order valence-electron chi connectivity index (χ4n) is 1.91. The first-order chi connectivity index (χ1) is 7.36. The summed E-state index contributed by atoms with van der Waals surface area (Å²) < 4.78 is 5.50. The van der Waals surface area contributed by atoms with Gasteiger partial charge in [-0.3, -0.25) is 0 Å². The van der Waals surface area contributed by atoms with Crippen LogP contribution in [0.15, 0.2) is 12.7 Å². The SMILES string of the molecule is C=CCCOCCN1CCC(NC)CC1. The summed E-state index contributed by atoms with van der Waals surface area (Å²) in [5.74, 6) is 0. The lowest BCUT2D eigenvalue weighted by molar-refractivity contribution is 0.0951. The highest BCUT2D eigenvalue weighted by Crippen LogP contribution is 2.08. The number of nitrogens with zero attached hydrogens (tertiary/aromatic N) is 1. The van der Waals surface area contributed by atoms with Gasteiger partial charge in [-0.1, -0.05) is 6.08 Å². The molecule has 0 aromatic carbocycles. The lowest BCUT2D eigenvalue weighted by Gasteiger charge is -2.31. The van der Waals surface area contributed by atoms with Gasteiger partial charge in [0.2, 0.25) is 0 Å². The van der Waals surface area contributed by atoms with Gasteiger partial charge in [0.1, 0.15) is 0 Å². The van der Waals surface area contributed by atoms with Gasteiger partial charge in [-0.15, -0.1) is 6.58 Å². The molecule has 1 saturated heterocycles. The zero-order valence-corrected chi connectivity index (χ0v) is 9.87. The lowest BCUT2D eigenvalue weighted by Crippen LogP contribution is -2.42. The van der Waals surface area contributed by atoms with E-state index < -0.39 is 0 Å². The number of ether oxygens (including phenoxy) is 1. The van der Waals surface area contributed by atoms with Gasteiger partial charge in [0.05, 0.1) is 13.2 Å². The van der Waals surface area contributed by atoms with E-state index in [0.717, 1.165) is 32.2 Å². The zero-order valence-electron chi connectivity index (χ0n) is 9.87. The Morgan fingerprint density at radius 3 is 2.73 bits per heavy atom. The molecule has 15 heavy (non-hydrogen) atoms. The second-order valence-electron chi connectivity index (χ2n) is 4.09. The fraction of sp³-hybridized carbons (Fsp3) is 0.833. The van der Waals surface area contributed by atoms with E-state index in [1.807, 2.05) is 6.08 Å². The van der Waals surface area contributed by atoms with Crippen LogP contribution in [0.2, 0.25) is 0 Å². The predicted molar refractivity (Wildman–Crippen MR) is 64.2 cm³/mol. The van der Waals surface area contributed by atoms with E-state index >= 15 is 0 Å². The van der Waals surface area contributed by atoms with Gasteiger partial charge < -0.3 is 15.0 Å². The molecule has 1 heterocycles. The molecular weight excluding hydrogens is 188 g/mol. The second kappa shape index (κ2) is 7.85. The molecule has 0 radical (unpaired) electrons. The maximum Gasteiger partial charge on any atom is 0.0593 e. The summed E-state index contributed by atoms with van der Waals surface area (Å²) in [4.78, 5) is 2.49. The molecule has 0 unspecified atom stereocenters. The van der Waals surface area contributed by atoms with Crippen molar-refractivity contribution in [3.8, 4) is 0 Å². The quantitative estimate of drug-likeness (QED) is 0.508. The highest BCUT2D eigenvalue weighted by Gasteiger charge is 2.16. The van der Waals surface area contributed by atoms with Gasteiger partial charge in [-0.05, 0) is 39.4 Å². The Balaban J connectivity index is 1.96. The van der Waals surface area contributed by atoms with Gasteiger partial charge in [0.15, 0.2) is 0 Å². The summed E-state index contributed by atoms with van der Waals surface area (Å²) in [5.41, 5.74) is 0. The average molecular weight is 212 g/mol. The van der Waals surface area contributed by atoms with Gasteiger partial charge in [0.25, 0.3) is 0 Å². The molecule has 3 heteroatoms. The Hall–Kier alpha value is -0.380. The van der Waals surface area contributed by atoms with Crippen LogP contribution >= 0.6 is 0 Å². The highest BCUT2D eigenvalue weighted by atomic mass is 16.5. The van der Waals surface area contributed by atoms with E-state index in [4.69, 9.17) is 4.74 Å². The maximum atomic E-state index is 5.50. The molecule has 0 atom stereocenters. The minimum absolute atomic E-state index is 0.725. The topological polar surface area (TPSA) is 24.5 Å². The van der Waals surface area contributed by atoms with Crippen LogP contribution in [-0.4, -0.2) is 50.8 Å². The van der Waals surface area contributed by atoms with Crippen LogP contribution in [0, 0.1) is 0 Å². The maximum absolute atomic E-state index is 5.50. The van der Waals surface area contributed by atoms with Crippen molar-refractivity contribution in [3.05, 3.63) is 12.7 Å². The Morgan fingerprint density at radius 2 is 2.13 bits per heavy atom. The molecule has 1 N–H and O–H groups in total. The van der Waals surface area contributed by atoms with Crippen molar-refractivity contribution < 1.29 is 4.74 Å². The van der Waals surface area contributed by atoms with E-state index in [1.54, 1.807) is 0 Å². The summed E-state index contributed by atoms with van der Waals surface area (Å²) in [6.07, 6.45) is 5.40. The smallest absolute Gasteiger partial charge is 0.0593 e. The van der Waals surface area contributed by atoms with Crippen molar-refractivity contribution in [2.24, 2.45) is 0 Å². The Bertz CT molecular complexity index is 165. The largest absolute Gasteiger partial charge is 0.380 e. The summed E-state index contributed by atoms with van der Waals surface area (Å²) in [7, 11) is 2.05. The molecule has 1 aliphatic heterocycles. The average Bonchev–Trinajstić information content (AvgIpc) is 2.30. The zero-order chi connectivity index (χ0) is 10.9. The first-order valence-corrected chi connectivity index (χ1v) is 5.95. The number of rotatable bonds is 7. The second-order valence-corrected chi connectivity index (χ2v) is 4.09. The van der Waals surface area contributed by atoms with Gasteiger partial charge in [0, 0.05) is 12.6 Å². The van der Waals surface area contributed by atoms with Gasteiger partial charge in [-0.2, -0.15) is 0 Å². The minimum atomic E-state index is 0.725. The molecule has 88 valence electrons. The standard InChI is InChI=1S/C12H24N2O/c1-3-4-10-15-11-9-14-7-5-12(13-2)6-8-14/h3,12-13H,1,4-11H2,2H3. The van der Waals surface area contributed by atoms with Crippen LogP contribution in [0.25, 0.3) is 0 Å². The predicted octanol–water partition coefficient (Wildman–Crippen LogP) is 1.26. The lowest BCUT2D eigenvalue weighted by atomic mass is 10.1. The number of hydrogen-bond donors (Lipinski definition) is 1. The molecule has 0 aromatic rings. The van der Waals surface area contributed by atoms with Crippen molar-refractivity contribution in [2.75, 3.05) is 39.9 Å². The number of hydrogen-bond acceptors (Lipinski definition) is 3. The number of nitrogens with one attached hydrogen (secondary N) is 1. The van der Waals surface area contributed by atoms with Crippen molar-refractivity contribution >= 4 is 0 Å². The van der Waals surface area contributed by atoms with Crippen LogP contribution in [0.3, 0.4) is 0 Å². The molecule has 0 amide bonds. The Labute approximate surface area is 93.5 Å². The molecule has 3 nitrogen and oxygen atoms in total. The molecular formula is C12H24N2O. The molecule has 0 bridgehead atoms. The fourth-order valence-corrected chi connectivity index (χ4v) is 1.91. The highest BCUT2D eigenvalue weighted by molar-refractivity contribution is 4.75. The summed E-state index contributed by atoms with van der Waals surface area (Å²) >= 11 is 0. The molecule has 0 aliphatic carbocycles. The summed E-state index contributed by atoms with van der Waals surface area (Å²) in [6, 6.07) is 0.725. The van der Waals surface area contributed by atoms with Crippen molar-refractivity contribution in [3.63, 3.8) is 0 Å². The minimum Gasteiger partial charge on any atom is -0.380 e. The summed E-state index contributed by atoms with van der Waals surface area (Å²) in [6.45, 7) is 8.83. The third kappa shape index (κ3) is 5.30. The van der Waals surface area contributed by atoms with Crippen molar-refractivity contribution in [2.45, 2.75) is 25.3 Å². The van der Waals surface area contributed by atoms with Crippen LogP contribution in [0.4, 0.5) is 0 Å². The molecule has 0 saturated carbocycles. The van der Waals surface area contributed by atoms with E-state index in [-0.39, 0.29) is 0 Å². The third-order valence-corrected chi connectivity index (χ3v) is 3.01. The monoisotopic (exact) mass is 212 g/mol. The van der Waals surface area contributed by atoms with Crippen molar-refractivity contribution in [1.82, 2.24) is 10.2 Å². The van der Waals surface area contributed by atoms with Crippen molar-refractivity contribution in [1.29, 1.82) is 0 Å². The number of piperidine rings is 1. The van der Waals surface area contributed by atoms with E-state index in [0.29, 0.717) is 0 Å². The first-order valence-electron chi connectivity index (χ1n) is 5.95. The van der Waals surface area contributed by atoms with Crippen LogP contribution < -0.4 is 5.32 Å². The Kier molecular flexibility index (Phi) is 6.64. The van der Waals surface area contributed by atoms with Crippen LogP contribution in [0.5, 0.6) is 0 Å². The summed E-state index contributed by atoms with van der Waals surface area (Å²) in [5, 5.41) is 3.34. The third-order valence-electron chi connectivity index (χ3n) is 3.01. The van der Waals surface area contributed by atoms with E-state index in [1.165, 1.54) is 25.9 Å². The molecule has 0 spiro atoms. The van der Waals surface area contributed by atoms with Gasteiger partial charge >= 0.3 is 0 Å². The van der Waals surface area contributed by atoms with E-state index in [2.05, 4.69) is 23.8 Å². The normalized spacial score (nSPS) is 19.3. The molecule has 1 fully saturated rings. The number of likely N-dealkylation sites (tertiary alicyclic amines) is 1. The van der Waals surface area contributed by atoms with E-state index in [9.17, 15) is 0 Å². The molecule has 1 rings (SSSR count). The van der Waals surface area contributed by atoms with Gasteiger partial charge in [-0.25, -0.2) is 0 Å².